The number of aromatic nitrogens is 4. The Morgan fingerprint density at radius 3 is 2.67 bits per heavy atom. The van der Waals surface area contributed by atoms with Gasteiger partial charge in [-0.3, -0.25) is 20.0 Å². The van der Waals surface area contributed by atoms with Gasteiger partial charge in [-0.25, -0.2) is 4.39 Å². The van der Waals surface area contributed by atoms with Gasteiger partial charge in [-0.15, -0.1) is 0 Å². The third-order valence-corrected chi connectivity index (χ3v) is 6.60. The van der Waals surface area contributed by atoms with E-state index in [1.54, 1.807) is 24.4 Å². The highest BCUT2D eigenvalue weighted by Gasteiger charge is 2.18. The third-order valence-electron chi connectivity index (χ3n) is 6.00. The summed E-state index contributed by atoms with van der Waals surface area (Å²) in [7, 11) is 0. The Kier molecular flexibility index (Phi) is 7.48. The molecule has 1 saturated heterocycles. The van der Waals surface area contributed by atoms with E-state index >= 15 is 4.39 Å². The van der Waals surface area contributed by atoms with Gasteiger partial charge in [-0.1, -0.05) is 29.3 Å². The Morgan fingerprint density at radius 1 is 1.17 bits per heavy atom. The van der Waals surface area contributed by atoms with Gasteiger partial charge in [0, 0.05) is 49.2 Å². The number of nitrogens with zero attached hydrogens (tertiary/aromatic N) is 4. The first-order chi connectivity index (χ1) is 17.5. The average molecular weight is 528 g/mol. The number of morpholine rings is 1. The average Bonchev–Trinajstić information content (AvgIpc) is 3.29. The standard InChI is InChI=1S/C26H24Cl2FN5O2/c1-16(25-21(27)13-30-14-22(25)28)36-19-4-5-24-20(11-19)26(33-32-24)23(29)10-17-2-3-18(31-12-17)15-34-6-8-35-9-7-34/h2-5,10-14,16H,6-9,15H2,1H3,(H,32,33)/b23-10-/t16-/m1/s1. The van der Waals surface area contributed by atoms with Crippen LogP contribution in [0.25, 0.3) is 22.8 Å². The highest BCUT2D eigenvalue weighted by Crippen LogP contribution is 2.34. The second-order valence-electron chi connectivity index (χ2n) is 8.52. The van der Waals surface area contributed by atoms with Crippen LogP contribution in [-0.2, 0) is 11.3 Å². The van der Waals surface area contributed by atoms with Crippen LogP contribution in [0.2, 0.25) is 10.0 Å². The molecular weight excluding hydrogens is 504 g/mol. The Morgan fingerprint density at radius 2 is 1.94 bits per heavy atom. The van der Waals surface area contributed by atoms with Gasteiger partial charge in [0.2, 0.25) is 0 Å². The lowest BCUT2D eigenvalue weighted by Gasteiger charge is -2.26. The van der Waals surface area contributed by atoms with Crippen molar-refractivity contribution in [2.45, 2.75) is 19.6 Å². The molecule has 7 nitrogen and oxygen atoms in total. The Balaban J connectivity index is 1.34. The summed E-state index contributed by atoms with van der Waals surface area (Å²) in [5, 5.41) is 8.48. The Labute approximate surface area is 217 Å². The minimum atomic E-state index is -0.477. The van der Waals surface area contributed by atoms with E-state index in [1.165, 1.54) is 18.5 Å². The van der Waals surface area contributed by atoms with E-state index < -0.39 is 11.9 Å². The number of nitrogens with one attached hydrogen (secondary N) is 1. The quantitative estimate of drug-likeness (QED) is 0.313. The zero-order valence-electron chi connectivity index (χ0n) is 19.5. The van der Waals surface area contributed by atoms with Gasteiger partial charge in [0.05, 0.1) is 34.5 Å². The topological polar surface area (TPSA) is 76.2 Å². The molecule has 1 fully saturated rings. The lowest BCUT2D eigenvalue weighted by molar-refractivity contribution is 0.0336. The van der Waals surface area contributed by atoms with E-state index in [9.17, 15) is 0 Å². The molecule has 0 saturated carbocycles. The largest absolute Gasteiger partial charge is 0.486 e. The maximum Gasteiger partial charge on any atom is 0.151 e. The van der Waals surface area contributed by atoms with Crippen molar-refractivity contribution in [2.24, 2.45) is 0 Å². The number of pyridine rings is 2. The molecule has 4 aromatic rings. The molecule has 10 heteroatoms. The molecule has 36 heavy (non-hydrogen) atoms. The van der Waals surface area contributed by atoms with Crippen LogP contribution in [0.15, 0.2) is 48.9 Å². The van der Waals surface area contributed by atoms with Crippen LogP contribution < -0.4 is 4.74 Å². The number of benzene rings is 1. The van der Waals surface area contributed by atoms with Crippen molar-refractivity contribution in [3.63, 3.8) is 0 Å². The van der Waals surface area contributed by atoms with Gasteiger partial charge in [0.1, 0.15) is 17.5 Å². The van der Waals surface area contributed by atoms with Crippen LogP contribution in [-0.4, -0.2) is 51.4 Å². The zero-order chi connectivity index (χ0) is 25.1. The molecule has 1 N–H and O–H groups in total. The zero-order valence-corrected chi connectivity index (χ0v) is 21.1. The number of hydrogen-bond donors (Lipinski definition) is 1. The molecule has 1 aliphatic heterocycles. The maximum absolute atomic E-state index is 15.3. The lowest BCUT2D eigenvalue weighted by Crippen LogP contribution is -2.35. The number of halogens is 3. The minimum absolute atomic E-state index is 0.195. The van der Waals surface area contributed by atoms with Gasteiger partial charge in [0.15, 0.2) is 5.83 Å². The lowest BCUT2D eigenvalue weighted by atomic mass is 10.1. The summed E-state index contributed by atoms with van der Waals surface area (Å²) < 4.78 is 26.7. The molecule has 0 unspecified atom stereocenters. The highest BCUT2D eigenvalue weighted by molar-refractivity contribution is 6.35. The fourth-order valence-corrected chi connectivity index (χ4v) is 4.81. The Hall–Kier alpha value is -3.04. The van der Waals surface area contributed by atoms with Gasteiger partial charge in [-0.2, -0.15) is 5.10 Å². The monoisotopic (exact) mass is 527 g/mol. The molecule has 3 aromatic heterocycles. The van der Waals surface area contributed by atoms with Gasteiger partial charge >= 0.3 is 0 Å². The molecule has 0 amide bonds. The second kappa shape index (κ2) is 10.9. The molecule has 0 aliphatic carbocycles. The van der Waals surface area contributed by atoms with E-state index in [0.29, 0.717) is 37.8 Å². The number of ether oxygens (including phenoxy) is 2. The molecule has 0 spiro atoms. The minimum Gasteiger partial charge on any atom is -0.486 e. The van der Waals surface area contributed by atoms with E-state index in [1.807, 2.05) is 19.1 Å². The molecular formula is C26H24Cl2FN5O2. The predicted molar refractivity (Wildman–Crippen MR) is 139 cm³/mol. The predicted octanol–water partition coefficient (Wildman–Crippen LogP) is 6.10. The van der Waals surface area contributed by atoms with Gasteiger partial charge in [-0.05, 0) is 42.8 Å². The smallest absolute Gasteiger partial charge is 0.151 e. The fraction of sp³-hybridized carbons (Fsp3) is 0.269. The van der Waals surface area contributed by atoms with Crippen LogP contribution in [0.1, 0.15) is 35.5 Å². The summed E-state index contributed by atoms with van der Waals surface area (Å²) in [6.45, 7) is 5.83. The van der Waals surface area contributed by atoms with Crippen molar-refractivity contribution >= 4 is 46.0 Å². The summed E-state index contributed by atoms with van der Waals surface area (Å²) in [6, 6.07) is 9.09. The maximum atomic E-state index is 15.3. The molecule has 1 aliphatic rings. The molecule has 1 atom stereocenters. The molecule has 4 heterocycles. The van der Waals surface area contributed by atoms with Crippen molar-refractivity contribution < 1.29 is 13.9 Å². The van der Waals surface area contributed by atoms with E-state index in [2.05, 4.69) is 25.1 Å². The summed E-state index contributed by atoms with van der Waals surface area (Å²) in [5.41, 5.74) is 3.10. The van der Waals surface area contributed by atoms with Crippen molar-refractivity contribution in [1.82, 2.24) is 25.1 Å². The van der Waals surface area contributed by atoms with Crippen LogP contribution in [0.3, 0.4) is 0 Å². The van der Waals surface area contributed by atoms with Crippen LogP contribution in [0.5, 0.6) is 5.75 Å². The third kappa shape index (κ3) is 5.52. The number of rotatable bonds is 7. The number of H-pyrrole nitrogens is 1. The van der Waals surface area contributed by atoms with Crippen LogP contribution >= 0.6 is 23.2 Å². The fourth-order valence-electron chi connectivity index (χ4n) is 4.14. The number of aromatic amines is 1. The molecule has 1 aromatic carbocycles. The van der Waals surface area contributed by atoms with Crippen molar-refractivity contribution in [3.8, 4) is 5.75 Å². The van der Waals surface area contributed by atoms with E-state index in [4.69, 9.17) is 32.7 Å². The van der Waals surface area contributed by atoms with Crippen LogP contribution in [0.4, 0.5) is 4.39 Å². The highest BCUT2D eigenvalue weighted by atomic mass is 35.5. The molecule has 5 rings (SSSR count). The van der Waals surface area contributed by atoms with Gasteiger partial charge < -0.3 is 9.47 Å². The van der Waals surface area contributed by atoms with Crippen molar-refractivity contribution in [1.29, 1.82) is 0 Å². The summed E-state index contributed by atoms with van der Waals surface area (Å²) in [4.78, 5) is 10.8. The first kappa shape index (κ1) is 24.6. The first-order valence-electron chi connectivity index (χ1n) is 11.5. The van der Waals surface area contributed by atoms with Crippen molar-refractivity contribution in [2.75, 3.05) is 26.3 Å². The normalized spacial score (nSPS) is 15.8. The number of fused-ring (bicyclic) bond motifs is 1. The van der Waals surface area contributed by atoms with E-state index in [-0.39, 0.29) is 5.69 Å². The number of hydrogen-bond acceptors (Lipinski definition) is 6. The van der Waals surface area contributed by atoms with Crippen molar-refractivity contribution in [3.05, 3.63) is 81.5 Å². The summed E-state index contributed by atoms with van der Waals surface area (Å²) in [5.74, 6) is 0.0536. The molecule has 186 valence electrons. The molecule has 0 bridgehead atoms. The van der Waals surface area contributed by atoms with Gasteiger partial charge in [0.25, 0.3) is 0 Å². The first-order valence-corrected chi connectivity index (χ1v) is 12.3. The molecule has 0 radical (unpaired) electrons. The van der Waals surface area contributed by atoms with Crippen LogP contribution in [0, 0.1) is 0 Å². The summed E-state index contributed by atoms with van der Waals surface area (Å²) in [6.07, 6.45) is 5.69. The Bertz CT molecular complexity index is 1370. The van der Waals surface area contributed by atoms with E-state index in [0.717, 1.165) is 38.5 Å². The second-order valence-corrected chi connectivity index (χ2v) is 9.33. The SMILES string of the molecule is C[C@@H](Oc1ccc2[nH]nc(/C(F)=C/c3ccc(CN4CCOCC4)nc3)c2c1)c1c(Cl)cncc1Cl. The summed E-state index contributed by atoms with van der Waals surface area (Å²) >= 11 is 12.5.